The van der Waals surface area contributed by atoms with E-state index in [9.17, 15) is 17.4 Å². The quantitative estimate of drug-likeness (QED) is 0.832. The number of benzene rings is 2. The van der Waals surface area contributed by atoms with Gasteiger partial charge in [-0.15, -0.1) is 0 Å². The third-order valence-electron chi connectivity index (χ3n) is 2.56. The van der Waals surface area contributed by atoms with Crippen molar-refractivity contribution in [3.63, 3.8) is 0 Å². The molecule has 0 bridgehead atoms. The SMILES string of the molecule is O=S(Cc1cccc(C(F)(F)F)c1)c1ccccc1. The lowest BCUT2D eigenvalue weighted by atomic mass is 10.1. The van der Waals surface area contributed by atoms with Crippen LogP contribution in [0.25, 0.3) is 0 Å². The summed E-state index contributed by atoms with van der Waals surface area (Å²) in [5.74, 6) is 0.0773. The minimum Gasteiger partial charge on any atom is -0.254 e. The molecule has 2 aromatic carbocycles. The van der Waals surface area contributed by atoms with E-state index in [1.54, 1.807) is 36.4 Å². The second-order valence-electron chi connectivity index (χ2n) is 4.00. The van der Waals surface area contributed by atoms with Gasteiger partial charge in [0.15, 0.2) is 0 Å². The average Bonchev–Trinajstić information content (AvgIpc) is 2.39. The van der Waals surface area contributed by atoms with E-state index in [0.29, 0.717) is 10.5 Å². The molecule has 19 heavy (non-hydrogen) atoms. The highest BCUT2D eigenvalue weighted by molar-refractivity contribution is 7.84. The molecule has 0 aliphatic rings. The Morgan fingerprint density at radius 3 is 2.26 bits per heavy atom. The summed E-state index contributed by atoms with van der Waals surface area (Å²) in [6, 6.07) is 13.6. The molecule has 1 atom stereocenters. The summed E-state index contributed by atoms with van der Waals surface area (Å²) in [4.78, 5) is 0.611. The van der Waals surface area contributed by atoms with Crippen molar-refractivity contribution in [2.24, 2.45) is 0 Å². The van der Waals surface area contributed by atoms with E-state index < -0.39 is 22.5 Å². The van der Waals surface area contributed by atoms with Gasteiger partial charge >= 0.3 is 6.18 Å². The van der Waals surface area contributed by atoms with Gasteiger partial charge in [-0.1, -0.05) is 36.4 Å². The van der Waals surface area contributed by atoms with Crippen molar-refractivity contribution in [1.29, 1.82) is 0 Å². The van der Waals surface area contributed by atoms with E-state index in [4.69, 9.17) is 0 Å². The maximum atomic E-state index is 12.6. The third kappa shape index (κ3) is 3.67. The van der Waals surface area contributed by atoms with Gasteiger partial charge in [0.2, 0.25) is 0 Å². The summed E-state index contributed by atoms with van der Waals surface area (Å²) in [6.45, 7) is 0. The molecular formula is C14H11F3OS. The molecular weight excluding hydrogens is 273 g/mol. The van der Waals surface area contributed by atoms with Gasteiger partial charge in [-0.05, 0) is 23.8 Å². The van der Waals surface area contributed by atoms with Crippen LogP contribution < -0.4 is 0 Å². The van der Waals surface area contributed by atoms with E-state index in [2.05, 4.69) is 0 Å². The van der Waals surface area contributed by atoms with Gasteiger partial charge in [0.1, 0.15) is 0 Å². The Bertz CT molecular complexity index is 579. The summed E-state index contributed by atoms with van der Waals surface area (Å²) in [5.41, 5.74) is -0.299. The number of hydrogen-bond donors (Lipinski definition) is 0. The van der Waals surface area contributed by atoms with Crippen molar-refractivity contribution in [2.75, 3.05) is 0 Å². The second-order valence-corrected chi connectivity index (χ2v) is 5.45. The maximum Gasteiger partial charge on any atom is 0.416 e. The molecule has 0 aromatic heterocycles. The van der Waals surface area contributed by atoms with Crippen LogP contribution in [0.3, 0.4) is 0 Å². The molecule has 0 N–H and O–H groups in total. The van der Waals surface area contributed by atoms with Crippen LogP contribution >= 0.6 is 0 Å². The molecule has 0 aliphatic carbocycles. The van der Waals surface area contributed by atoms with Crippen molar-refractivity contribution in [1.82, 2.24) is 0 Å². The number of alkyl halides is 3. The molecule has 2 aromatic rings. The van der Waals surface area contributed by atoms with Crippen molar-refractivity contribution in [3.05, 3.63) is 65.7 Å². The van der Waals surface area contributed by atoms with E-state index in [1.807, 2.05) is 0 Å². The summed E-state index contributed by atoms with van der Waals surface area (Å²) in [7, 11) is -1.34. The molecule has 0 saturated heterocycles. The first-order valence-electron chi connectivity index (χ1n) is 5.56. The molecule has 5 heteroatoms. The lowest BCUT2D eigenvalue weighted by molar-refractivity contribution is -0.137. The van der Waals surface area contributed by atoms with Crippen LogP contribution in [0.5, 0.6) is 0 Å². The van der Waals surface area contributed by atoms with Gasteiger partial charge in [0.25, 0.3) is 0 Å². The Morgan fingerprint density at radius 2 is 1.63 bits per heavy atom. The Morgan fingerprint density at radius 1 is 0.947 bits per heavy atom. The second kappa shape index (κ2) is 5.57. The monoisotopic (exact) mass is 284 g/mol. The van der Waals surface area contributed by atoms with Gasteiger partial charge < -0.3 is 0 Å². The molecule has 1 unspecified atom stereocenters. The molecule has 0 fully saturated rings. The highest BCUT2D eigenvalue weighted by atomic mass is 32.2. The van der Waals surface area contributed by atoms with Gasteiger partial charge in [0.05, 0.1) is 22.1 Å². The van der Waals surface area contributed by atoms with Crippen molar-refractivity contribution < 1.29 is 17.4 Å². The summed E-state index contributed by atoms with van der Waals surface area (Å²) in [5, 5.41) is 0. The Balaban J connectivity index is 2.18. The molecule has 0 heterocycles. The van der Waals surface area contributed by atoms with Crippen LogP contribution in [0.2, 0.25) is 0 Å². The standard InChI is InChI=1S/C14H11F3OS/c15-14(16,17)12-6-4-5-11(9-12)10-19(18)13-7-2-1-3-8-13/h1-9H,10H2. The van der Waals surface area contributed by atoms with Gasteiger partial charge in [0, 0.05) is 4.90 Å². The minimum absolute atomic E-state index is 0.0773. The van der Waals surface area contributed by atoms with Crippen LogP contribution in [0.15, 0.2) is 59.5 Å². The molecule has 0 spiro atoms. The molecule has 0 saturated carbocycles. The Labute approximate surface area is 111 Å². The topological polar surface area (TPSA) is 17.1 Å². The fraction of sp³-hybridized carbons (Fsp3) is 0.143. The maximum absolute atomic E-state index is 12.6. The van der Waals surface area contributed by atoms with E-state index in [1.165, 1.54) is 6.07 Å². The van der Waals surface area contributed by atoms with E-state index in [-0.39, 0.29) is 5.75 Å². The normalized spacial score (nSPS) is 13.2. The van der Waals surface area contributed by atoms with E-state index in [0.717, 1.165) is 12.1 Å². The molecule has 0 radical (unpaired) electrons. The number of rotatable bonds is 3. The summed E-state index contributed by atoms with van der Waals surface area (Å²) < 4.78 is 49.7. The van der Waals surface area contributed by atoms with Crippen LogP contribution in [0, 0.1) is 0 Å². The first kappa shape index (κ1) is 13.8. The van der Waals surface area contributed by atoms with Gasteiger partial charge in [-0.25, -0.2) is 0 Å². The Hall–Kier alpha value is -1.62. The smallest absolute Gasteiger partial charge is 0.254 e. The summed E-state index contributed by atoms with van der Waals surface area (Å²) >= 11 is 0. The highest BCUT2D eigenvalue weighted by Crippen LogP contribution is 2.29. The van der Waals surface area contributed by atoms with Crippen LogP contribution in [-0.4, -0.2) is 4.21 Å². The molecule has 0 amide bonds. The zero-order chi connectivity index (χ0) is 13.9. The predicted molar refractivity (Wildman–Crippen MR) is 68.0 cm³/mol. The zero-order valence-electron chi connectivity index (χ0n) is 9.85. The first-order valence-corrected chi connectivity index (χ1v) is 6.88. The largest absolute Gasteiger partial charge is 0.416 e. The number of hydrogen-bond acceptors (Lipinski definition) is 1. The number of halogens is 3. The molecule has 1 nitrogen and oxygen atoms in total. The fourth-order valence-electron chi connectivity index (χ4n) is 1.64. The third-order valence-corrected chi connectivity index (χ3v) is 3.95. The average molecular weight is 284 g/mol. The van der Waals surface area contributed by atoms with Crippen molar-refractivity contribution in [2.45, 2.75) is 16.8 Å². The van der Waals surface area contributed by atoms with Gasteiger partial charge in [-0.2, -0.15) is 13.2 Å². The molecule has 100 valence electrons. The van der Waals surface area contributed by atoms with Crippen molar-refractivity contribution >= 4 is 10.8 Å². The van der Waals surface area contributed by atoms with E-state index >= 15 is 0 Å². The lowest BCUT2D eigenvalue weighted by Crippen LogP contribution is -2.06. The van der Waals surface area contributed by atoms with Gasteiger partial charge in [-0.3, -0.25) is 4.21 Å². The highest BCUT2D eigenvalue weighted by Gasteiger charge is 2.30. The fourth-order valence-corrected chi connectivity index (χ4v) is 2.75. The first-order chi connectivity index (χ1) is 8.97. The Kier molecular flexibility index (Phi) is 4.04. The molecule has 2 rings (SSSR count). The van der Waals surface area contributed by atoms with Crippen molar-refractivity contribution in [3.8, 4) is 0 Å². The predicted octanol–water partition coefficient (Wildman–Crippen LogP) is 4.01. The van der Waals surface area contributed by atoms with Crippen LogP contribution in [0.4, 0.5) is 13.2 Å². The molecule has 0 aliphatic heterocycles. The lowest BCUT2D eigenvalue weighted by Gasteiger charge is -2.08. The summed E-state index contributed by atoms with van der Waals surface area (Å²) in [6.07, 6.45) is -4.37. The minimum atomic E-state index is -4.37. The van der Waals surface area contributed by atoms with Crippen LogP contribution in [-0.2, 0) is 22.7 Å². The zero-order valence-corrected chi connectivity index (χ0v) is 10.7. The van der Waals surface area contributed by atoms with Crippen LogP contribution in [0.1, 0.15) is 11.1 Å².